The van der Waals surface area contributed by atoms with Gasteiger partial charge in [-0.2, -0.15) is 0 Å². The Bertz CT molecular complexity index is 913. The molecule has 0 radical (unpaired) electrons. The van der Waals surface area contributed by atoms with Gasteiger partial charge in [0.25, 0.3) is 0 Å². The molecule has 4 heteroatoms. The largest absolute Gasteiger partial charge is 0.411 e. The van der Waals surface area contributed by atoms with Crippen molar-refractivity contribution in [1.29, 1.82) is 0 Å². The first kappa shape index (κ1) is 24.5. The van der Waals surface area contributed by atoms with E-state index in [-0.39, 0.29) is 28.3 Å². The van der Waals surface area contributed by atoms with E-state index in [0.29, 0.717) is 29.6 Å². The zero-order chi connectivity index (χ0) is 24.7. The van der Waals surface area contributed by atoms with Crippen LogP contribution in [0.4, 0.5) is 0 Å². The van der Waals surface area contributed by atoms with Gasteiger partial charge in [-0.3, -0.25) is 0 Å². The maximum atomic E-state index is 12.6. The minimum atomic E-state index is -0.434. The quantitative estimate of drug-likeness (QED) is 0.210. The number of nitrogens with zero attached hydrogens (tertiary/aromatic N) is 1. The summed E-state index contributed by atoms with van der Waals surface area (Å²) in [6.07, 6.45) is 12.2. The van der Waals surface area contributed by atoms with Crippen LogP contribution in [0, 0.1) is 56.7 Å². The van der Waals surface area contributed by atoms with Gasteiger partial charge >= 0.3 is 0 Å². The molecule has 5 aliphatic carbocycles. The van der Waals surface area contributed by atoms with Crippen molar-refractivity contribution in [2.24, 2.45) is 61.8 Å². The van der Waals surface area contributed by atoms with Gasteiger partial charge in [0.2, 0.25) is 0 Å². The fraction of sp³-hybridized carbons (Fsp3) is 0.867. The predicted octanol–water partition coefficient (Wildman–Crippen LogP) is 6.65. The van der Waals surface area contributed by atoms with Crippen LogP contribution in [0.3, 0.4) is 0 Å². The minimum Gasteiger partial charge on any atom is -0.411 e. The van der Waals surface area contributed by atoms with E-state index in [1.165, 1.54) is 24.7 Å². The normalized spacial score (nSPS) is 55.6. The fourth-order valence-corrected chi connectivity index (χ4v) is 11.4. The topological polar surface area (TPSA) is 69.9 Å². The summed E-state index contributed by atoms with van der Waals surface area (Å²) in [5.74, 6) is 2.46. The third-order valence-electron chi connectivity index (χ3n) is 13.4. The lowest BCUT2D eigenvalue weighted by molar-refractivity contribution is -0.228. The first-order valence-corrected chi connectivity index (χ1v) is 13.9. The standard InChI is InChI=1S/C30H47NO3/c1-19(2)20-9-14-30(18-33)16-15-28(5)21(25(20)30)7-8-23-26(3)12-11-24(31-34)27(4,17-32)22(26)10-13-29(23,28)6/h18,20-23,25,32,34H,1,7-17H2,2-6H3/b31-24-/t20-,21+,22+,23+,25+,26-,27-,28+,29+,30+/m0/s1. The van der Waals surface area contributed by atoms with Crippen molar-refractivity contribution in [1.82, 2.24) is 0 Å². The van der Waals surface area contributed by atoms with Gasteiger partial charge in [0.1, 0.15) is 6.29 Å². The first-order valence-electron chi connectivity index (χ1n) is 13.9. The molecule has 0 aliphatic heterocycles. The van der Waals surface area contributed by atoms with Crippen LogP contribution in [-0.2, 0) is 4.79 Å². The Kier molecular flexibility index (Phi) is 5.53. The van der Waals surface area contributed by atoms with Gasteiger partial charge in [-0.25, -0.2) is 0 Å². The first-order chi connectivity index (χ1) is 16.0. The molecule has 190 valence electrons. The lowest BCUT2D eigenvalue weighted by Gasteiger charge is -2.72. The molecule has 5 fully saturated rings. The minimum absolute atomic E-state index is 0.0558. The number of oxime groups is 1. The number of aldehydes is 1. The summed E-state index contributed by atoms with van der Waals surface area (Å²) < 4.78 is 0. The Morgan fingerprint density at radius 2 is 1.74 bits per heavy atom. The zero-order valence-corrected chi connectivity index (χ0v) is 22.2. The number of hydrogen-bond acceptors (Lipinski definition) is 4. The second-order valence-corrected chi connectivity index (χ2v) is 14.2. The van der Waals surface area contributed by atoms with Crippen LogP contribution in [0.15, 0.2) is 17.3 Å². The van der Waals surface area contributed by atoms with Crippen LogP contribution in [0.5, 0.6) is 0 Å². The highest BCUT2D eigenvalue weighted by Gasteiger charge is 2.71. The van der Waals surface area contributed by atoms with Gasteiger partial charge in [-0.15, -0.1) is 0 Å². The smallest absolute Gasteiger partial charge is 0.126 e. The maximum Gasteiger partial charge on any atom is 0.126 e. The summed E-state index contributed by atoms with van der Waals surface area (Å²) in [5.41, 5.74) is 2.09. The van der Waals surface area contributed by atoms with E-state index in [1.807, 2.05) is 0 Å². The van der Waals surface area contributed by atoms with Crippen molar-refractivity contribution in [2.75, 3.05) is 6.61 Å². The van der Waals surface area contributed by atoms with Gasteiger partial charge in [0, 0.05) is 10.8 Å². The number of fused-ring (bicyclic) bond motifs is 7. The molecule has 0 aromatic rings. The van der Waals surface area contributed by atoms with Crippen LogP contribution in [-0.4, -0.2) is 28.9 Å². The number of carbonyl (C=O) groups excluding carboxylic acids is 1. The van der Waals surface area contributed by atoms with E-state index < -0.39 is 5.41 Å². The Hall–Kier alpha value is -1.16. The lowest BCUT2D eigenvalue weighted by Crippen LogP contribution is -2.67. The van der Waals surface area contributed by atoms with Gasteiger partial charge in [0.05, 0.1) is 12.3 Å². The van der Waals surface area contributed by atoms with Gasteiger partial charge < -0.3 is 15.1 Å². The highest BCUT2D eigenvalue weighted by atomic mass is 16.4. The molecule has 0 heterocycles. The van der Waals surface area contributed by atoms with Crippen LogP contribution < -0.4 is 0 Å². The molecule has 10 atom stereocenters. The molecule has 0 aromatic heterocycles. The third kappa shape index (κ3) is 2.75. The number of rotatable bonds is 3. The molecular weight excluding hydrogens is 422 g/mol. The monoisotopic (exact) mass is 469 g/mol. The number of carbonyl (C=O) groups is 1. The second-order valence-electron chi connectivity index (χ2n) is 14.2. The molecular formula is C30H47NO3. The summed E-state index contributed by atoms with van der Waals surface area (Å²) in [7, 11) is 0. The highest BCUT2D eigenvalue weighted by Crippen LogP contribution is 2.77. The van der Waals surface area contributed by atoms with E-state index >= 15 is 0 Å². The van der Waals surface area contributed by atoms with E-state index in [0.717, 1.165) is 57.1 Å². The predicted molar refractivity (Wildman–Crippen MR) is 136 cm³/mol. The van der Waals surface area contributed by atoms with Crippen molar-refractivity contribution in [3.8, 4) is 0 Å². The van der Waals surface area contributed by atoms with Gasteiger partial charge in [0.15, 0.2) is 0 Å². The molecule has 0 spiro atoms. The molecule has 0 amide bonds. The molecule has 0 unspecified atom stereocenters. The molecule has 5 rings (SSSR count). The van der Waals surface area contributed by atoms with Gasteiger partial charge in [-0.05, 0) is 117 Å². The van der Waals surface area contributed by atoms with Crippen molar-refractivity contribution in [3.05, 3.63) is 12.2 Å². The van der Waals surface area contributed by atoms with Crippen LogP contribution in [0.2, 0.25) is 0 Å². The molecule has 0 bridgehead atoms. The molecule has 0 saturated heterocycles. The Morgan fingerprint density at radius 1 is 1.00 bits per heavy atom. The summed E-state index contributed by atoms with van der Waals surface area (Å²) >= 11 is 0. The highest BCUT2D eigenvalue weighted by molar-refractivity contribution is 5.91. The fourth-order valence-electron chi connectivity index (χ4n) is 11.4. The Balaban J connectivity index is 1.56. The average Bonchev–Trinajstić information content (AvgIpc) is 3.20. The van der Waals surface area contributed by atoms with Crippen molar-refractivity contribution < 1.29 is 15.1 Å². The van der Waals surface area contributed by atoms with Gasteiger partial charge in [-0.1, -0.05) is 45.0 Å². The maximum absolute atomic E-state index is 12.6. The molecule has 2 N–H and O–H groups in total. The molecule has 5 aliphatic rings. The van der Waals surface area contributed by atoms with Crippen LogP contribution in [0.25, 0.3) is 0 Å². The lowest BCUT2D eigenvalue weighted by atomic mass is 9.32. The molecule has 5 saturated carbocycles. The third-order valence-corrected chi connectivity index (χ3v) is 13.4. The Morgan fingerprint density at radius 3 is 2.35 bits per heavy atom. The van der Waals surface area contributed by atoms with Crippen molar-refractivity contribution in [3.63, 3.8) is 0 Å². The number of hydrogen-bond donors (Lipinski definition) is 2. The molecule has 0 aromatic carbocycles. The van der Waals surface area contributed by atoms with E-state index in [2.05, 4.69) is 46.4 Å². The van der Waals surface area contributed by atoms with E-state index in [1.54, 1.807) is 0 Å². The number of aliphatic hydroxyl groups is 1. The summed E-state index contributed by atoms with van der Waals surface area (Å²) in [5, 5.41) is 24.0. The van der Waals surface area contributed by atoms with Crippen LogP contribution in [0.1, 0.15) is 98.8 Å². The average molecular weight is 470 g/mol. The SMILES string of the molecule is C=C(C)[C@@H]1CC[C@]2(C=O)CC[C@]3(C)[C@H](CC[C@@H]4[C@@]5(C)CC/C(=N/O)[C@@](C)(CO)[C@@H]5CC[C@]43C)[C@@H]12. The number of aliphatic hydroxyl groups excluding tert-OH is 1. The summed E-state index contributed by atoms with van der Waals surface area (Å²) in [4.78, 5) is 12.6. The molecule has 34 heavy (non-hydrogen) atoms. The summed E-state index contributed by atoms with van der Waals surface area (Å²) in [6.45, 7) is 16.4. The summed E-state index contributed by atoms with van der Waals surface area (Å²) in [6, 6.07) is 0. The van der Waals surface area contributed by atoms with E-state index in [9.17, 15) is 15.1 Å². The van der Waals surface area contributed by atoms with Crippen LogP contribution >= 0.6 is 0 Å². The molecule has 4 nitrogen and oxygen atoms in total. The van der Waals surface area contributed by atoms with Crippen molar-refractivity contribution in [2.45, 2.75) is 98.8 Å². The number of allylic oxidation sites excluding steroid dienone is 1. The van der Waals surface area contributed by atoms with Crippen molar-refractivity contribution >= 4 is 12.0 Å². The second kappa shape index (κ2) is 7.67. The van der Waals surface area contributed by atoms with E-state index in [4.69, 9.17) is 0 Å². The Labute approximate surface area is 206 Å². The zero-order valence-electron chi connectivity index (χ0n) is 22.2.